The first kappa shape index (κ1) is 11.9. The monoisotopic (exact) mass is 203 g/mol. The first-order chi connectivity index (χ1) is 6.73. The highest BCUT2D eigenvalue weighted by Crippen LogP contribution is 2.39. The third kappa shape index (κ3) is 2.92. The summed E-state index contributed by atoms with van der Waals surface area (Å²) in [7, 11) is 1.58. The van der Waals surface area contributed by atoms with Gasteiger partial charge in [-0.3, -0.25) is 0 Å². The summed E-state index contributed by atoms with van der Waals surface area (Å²) in [5.74, 6) is 0.203. The van der Waals surface area contributed by atoms with Crippen molar-refractivity contribution in [3.8, 4) is 0 Å². The van der Waals surface area contributed by atoms with Crippen molar-refractivity contribution in [3.63, 3.8) is 0 Å². The van der Waals surface area contributed by atoms with Crippen LogP contribution in [0.4, 0.5) is 4.39 Å². The van der Waals surface area contributed by atoms with Gasteiger partial charge in [-0.15, -0.1) is 0 Å². The smallest absolute Gasteiger partial charge is 0.137 e. The molecule has 0 bridgehead atoms. The fourth-order valence-corrected chi connectivity index (χ4v) is 2.47. The first-order valence-corrected chi connectivity index (χ1v) is 5.61. The molecule has 2 N–H and O–H groups in total. The number of methoxy groups -OCH3 is 1. The number of alkyl halides is 1. The molecule has 0 spiro atoms. The van der Waals surface area contributed by atoms with Crippen LogP contribution in [0.3, 0.4) is 0 Å². The highest BCUT2D eigenvalue weighted by molar-refractivity contribution is 4.89. The molecule has 0 aliphatic heterocycles. The SMILES string of the molecule is COCC(F)(CCCN)C1CCCC1. The maximum atomic E-state index is 14.5. The van der Waals surface area contributed by atoms with E-state index in [9.17, 15) is 4.39 Å². The molecule has 1 unspecified atom stereocenters. The molecule has 1 atom stereocenters. The van der Waals surface area contributed by atoms with Crippen LogP contribution < -0.4 is 5.73 Å². The average Bonchev–Trinajstić information content (AvgIpc) is 2.68. The van der Waals surface area contributed by atoms with Gasteiger partial charge in [0.25, 0.3) is 0 Å². The van der Waals surface area contributed by atoms with Crippen molar-refractivity contribution in [2.75, 3.05) is 20.3 Å². The normalized spacial score (nSPS) is 22.5. The molecule has 14 heavy (non-hydrogen) atoms. The Kier molecular flexibility index (Phi) is 4.82. The average molecular weight is 203 g/mol. The molecule has 0 aromatic heterocycles. The summed E-state index contributed by atoms with van der Waals surface area (Å²) in [4.78, 5) is 0. The van der Waals surface area contributed by atoms with E-state index in [0.717, 1.165) is 19.3 Å². The predicted octanol–water partition coefficient (Wildman–Crippen LogP) is 2.27. The van der Waals surface area contributed by atoms with Crippen LogP contribution in [0.5, 0.6) is 0 Å². The van der Waals surface area contributed by atoms with Crippen LogP contribution in [-0.4, -0.2) is 25.9 Å². The number of halogens is 1. The Hall–Kier alpha value is -0.150. The minimum Gasteiger partial charge on any atom is -0.381 e. The van der Waals surface area contributed by atoms with Crippen molar-refractivity contribution in [2.24, 2.45) is 11.7 Å². The Morgan fingerprint density at radius 3 is 2.57 bits per heavy atom. The second kappa shape index (κ2) is 5.66. The molecule has 84 valence electrons. The minimum absolute atomic E-state index is 0.203. The van der Waals surface area contributed by atoms with Crippen LogP contribution in [0.2, 0.25) is 0 Å². The van der Waals surface area contributed by atoms with Crippen molar-refractivity contribution in [1.29, 1.82) is 0 Å². The third-order valence-corrected chi connectivity index (χ3v) is 3.27. The fraction of sp³-hybridized carbons (Fsp3) is 1.00. The summed E-state index contributed by atoms with van der Waals surface area (Å²) in [5, 5.41) is 0. The van der Waals surface area contributed by atoms with E-state index in [0.29, 0.717) is 13.0 Å². The zero-order chi connectivity index (χ0) is 10.4. The number of ether oxygens (including phenoxy) is 1. The van der Waals surface area contributed by atoms with Gasteiger partial charge in [-0.2, -0.15) is 0 Å². The van der Waals surface area contributed by atoms with Gasteiger partial charge in [0.15, 0.2) is 0 Å². The molecule has 1 saturated carbocycles. The Labute approximate surface area is 86.0 Å². The minimum atomic E-state index is -1.12. The summed E-state index contributed by atoms with van der Waals surface area (Å²) >= 11 is 0. The van der Waals surface area contributed by atoms with Gasteiger partial charge in [0.2, 0.25) is 0 Å². The van der Waals surface area contributed by atoms with Crippen LogP contribution in [0.1, 0.15) is 38.5 Å². The van der Waals surface area contributed by atoms with Crippen LogP contribution in [0, 0.1) is 5.92 Å². The molecule has 1 fully saturated rings. The molecule has 0 amide bonds. The van der Waals surface area contributed by atoms with Gasteiger partial charge in [-0.25, -0.2) is 4.39 Å². The van der Waals surface area contributed by atoms with Gasteiger partial charge >= 0.3 is 0 Å². The largest absolute Gasteiger partial charge is 0.381 e. The number of hydrogen-bond acceptors (Lipinski definition) is 2. The van der Waals surface area contributed by atoms with E-state index in [1.165, 1.54) is 12.8 Å². The second-order valence-corrected chi connectivity index (χ2v) is 4.34. The third-order valence-electron chi connectivity index (χ3n) is 3.27. The Morgan fingerprint density at radius 1 is 1.43 bits per heavy atom. The van der Waals surface area contributed by atoms with E-state index in [-0.39, 0.29) is 12.5 Å². The van der Waals surface area contributed by atoms with Crippen molar-refractivity contribution >= 4 is 0 Å². The van der Waals surface area contributed by atoms with Crippen molar-refractivity contribution in [2.45, 2.75) is 44.2 Å². The van der Waals surface area contributed by atoms with Gasteiger partial charge < -0.3 is 10.5 Å². The molecule has 0 aromatic carbocycles. The molecule has 1 aliphatic rings. The Bertz CT molecular complexity index is 159. The number of rotatable bonds is 6. The van der Waals surface area contributed by atoms with Crippen LogP contribution in [0.15, 0.2) is 0 Å². The molecule has 3 heteroatoms. The summed E-state index contributed by atoms with van der Waals surface area (Å²) in [5.41, 5.74) is 4.30. The molecule has 1 aliphatic carbocycles. The van der Waals surface area contributed by atoms with Crippen molar-refractivity contribution in [3.05, 3.63) is 0 Å². The second-order valence-electron chi connectivity index (χ2n) is 4.34. The molecule has 0 heterocycles. The predicted molar refractivity (Wildman–Crippen MR) is 56.0 cm³/mol. The fourth-order valence-electron chi connectivity index (χ4n) is 2.47. The molecule has 2 nitrogen and oxygen atoms in total. The summed E-state index contributed by atoms with van der Waals surface area (Å²) in [6.07, 6.45) is 5.69. The highest BCUT2D eigenvalue weighted by atomic mass is 19.1. The topological polar surface area (TPSA) is 35.2 Å². The van der Waals surface area contributed by atoms with Gasteiger partial charge in [0, 0.05) is 7.11 Å². The molecule has 1 rings (SSSR count). The Balaban J connectivity index is 2.49. The lowest BCUT2D eigenvalue weighted by molar-refractivity contribution is -0.0106. The van der Waals surface area contributed by atoms with E-state index in [1.54, 1.807) is 7.11 Å². The lowest BCUT2D eigenvalue weighted by Gasteiger charge is -2.30. The Morgan fingerprint density at radius 2 is 2.07 bits per heavy atom. The molecule has 0 aromatic rings. The van der Waals surface area contributed by atoms with Crippen LogP contribution in [-0.2, 0) is 4.74 Å². The molecule has 0 saturated heterocycles. The zero-order valence-corrected chi connectivity index (χ0v) is 9.10. The van der Waals surface area contributed by atoms with Gasteiger partial charge in [-0.1, -0.05) is 12.8 Å². The van der Waals surface area contributed by atoms with Gasteiger partial charge in [0.1, 0.15) is 5.67 Å². The maximum Gasteiger partial charge on any atom is 0.137 e. The first-order valence-electron chi connectivity index (χ1n) is 5.61. The van der Waals surface area contributed by atoms with Crippen molar-refractivity contribution < 1.29 is 9.13 Å². The van der Waals surface area contributed by atoms with E-state index >= 15 is 0 Å². The lowest BCUT2D eigenvalue weighted by atomic mass is 9.84. The van der Waals surface area contributed by atoms with Gasteiger partial charge in [-0.05, 0) is 38.1 Å². The standard InChI is InChI=1S/C11H22FNO/c1-14-9-11(12,7-4-8-13)10-5-2-3-6-10/h10H,2-9,13H2,1H3. The molecular weight excluding hydrogens is 181 g/mol. The number of nitrogens with two attached hydrogens (primary N) is 1. The van der Waals surface area contributed by atoms with E-state index in [4.69, 9.17) is 10.5 Å². The van der Waals surface area contributed by atoms with Crippen molar-refractivity contribution in [1.82, 2.24) is 0 Å². The van der Waals surface area contributed by atoms with Crippen LogP contribution in [0.25, 0.3) is 0 Å². The molecular formula is C11H22FNO. The summed E-state index contributed by atoms with van der Waals surface area (Å²) in [6.45, 7) is 0.805. The maximum absolute atomic E-state index is 14.5. The van der Waals surface area contributed by atoms with Gasteiger partial charge in [0.05, 0.1) is 6.61 Å². The van der Waals surface area contributed by atoms with E-state index < -0.39 is 5.67 Å². The summed E-state index contributed by atoms with van der Waals surface area (Å²) in [6, 6.07) is 0. The summed E-state index contributed by atoms with van der Waals surface area (Å²) < 4.78 is 19.5. The lowest BCUT2D eigenvalue weighted by Crippen LogP contribution is -2.37. The quantitative estimate of drug-likeness (QED) is 0.718. The van der Waals surface area contributed by atoms with Crippen LogP contribution >= 0.6 is 0 Å². The zero-order valence-electron chi connectivity index (χ0n) is 9.10. The number of hydrogen-bond donors (Lipinski definition) is 1. The molecule has 0 radical (unpaired) electrons. The van der Waals surface area contributed by atoms with E-state index in [1.807, 2.05) is 0 Å². The highest BCUT2D eigenvalue weighted by Gasteiger charge is 2.39. The van der Waals surface area contributed by atoms with E-state index in [2.05, 4.69) is 0 Å².